The number of amides is 2. The van der Waals surface area contributed by atoms with Crippen LogP contribution in [0.25, 0.3) is 0 Å². The normalized spacial score (nSPS) is 21.7. The summed E-state index contributed by atoms with van der Waals surface area (Å²) in [6.45, 7) is 5.90. The number of carbonyl (C=O) groups is 2. The number of halogens is 1. The minimum Gasteiger partial charge on any atom is -0.343 e. The van der Waals surface area contributed by atoms with Gasteiger partial charge in [-0.15, -0.1) is 11.3 Å². The molecule has 4 nitrogen and oxygen atoms in total. The van der Waals surface area contributed by atoms with Gasteiger partial charge in [0, 0.05) is 4.88 Å². The highest BCUT2D eigenvalue weighted by Gasteiger charge is 2.37. The first-order valence-electron chi connectivity index (χ1n) is 6.25. The zero-order valence-electron chi connectivity index (χ0n) is 11.1. The zero-order chi connectivity index (χ0) is 14.2. The molecule has 1 aliphatic heterocycles. The van der Waals surface area contributed by atoms with Crippen LogP contribution in [0.5, 0.6) is 0 Å². The predicted molar refractivity (Wildman–Crippen MR) is 76.2 cm³/mol. The van der Waals surface area contributed by atoms with Crippen molar-refractivity contribution in [1.82, 2.24) is 10.2 Å². The van der Waals surface area contributed by atoms with Crippen molar-refractivity contribution >= 4 is 34.8 Å². The lowest BCUT2D eigenvalue weighted by Crippen LogP contribution is -2.60. The maximum absolute atomic E-state index is 12.4. The van der Waals surface area contributed by atoms with Crippen LogP contribution in [-0.2, 0) is 9.59 Å². The van der Waals surface area contributed by atoms with Crippen molar-refractivity contribution in [3.05, 3.63) is 21.3 Å². The molecule has 1 aromatic heterocycles. The van der Waals surface area contributed by atoms with Gasteiger partial charge in [-0.1, -0.05) is 25.4 Å². The van der Waals surface area contributed by atoms with E-state index in [2.05, 4.69) is 5.32 Å². The molecule has 1 fully saturated rings. The minimum absolute atomic E-state index is 0.0216. The molecular weight excluding hydrogens is 284 g/mol. The number of nitrogens with one attached hydrogen (secondary N) is 1. The van der Waals surface area contributed by atoms with E-state index in [-0.39, 0.29) is 30.3 Å². The second-order valence-corrected chi connectivity index (χ2v) is 6.82. The van der Waals surface area contributed by atoms with Crippen molar-refractivity contribution < 1.29 is 9.59 Å². The van der Waals surface area contributed by atoms with Gasteiger partial charge in [0.1, 0.15) is 12.6 Å². The fraction of sp³-hybridized carbons (Fsp3) is 0.538. The van der Waals surface area contributed by atoms with Gasteiger partial charge in [0.25, 0.3) is 0 Å². The molecular formula is C13H17ClN2O2S. The molecule has 0 aliphatic carbocycles. The van der Waals surface area contributed by atoms with E-state index in [1.54, 1.807) is 4.90 Å². The standard InChI is InChI=1S/C13H17ClN2O2S/c1-7(2)12-13(18)16(6-11(17)15-12)8(3)9-4-5-10(14)19-9/h4-5,7-8,12H,6H2,1-3H3,(H,15,17). The summed E-state index contributed by atoms with van der Waals surface area (Å²) >= 11 is 7.37. The van der Waals surface area contributed by atoms with Crippen molar-refractivity contribution in [1.29, 1.82) is 0 Å². The van der Waals surface area contributed by atoms with Gasteiger partial charge < -0.3 is 10.2 Å². The lowest BCUT2D eigenvalue weighted by Gasteiger charge is -2.37. The Morgan fingerprint density at radius 1 is 1.37 bits per heavy atom. The molecule has 104 valence electrons. The molecule has 1 saturated heterocycles. The quantitative estimate of drug-likeness (QED) is 0.932. The topological polar surface area (TPSA) is 49.4 Å². The molecule has 0 bridgehead atoms. The fourth-order valence-corrected chi connectivity index (χ4v) is 3.30. The van der Waals surface area contributed by atoms with Crippen LogP contribution >= 0.6 is 22.9 Å². The summed E-state index contributed by atoms with van der Waals surface area (Å²) in [6, 6.07) is 3.16. The van der Waals surface area contributed by atoms with Gasteiger partial charge in [0.05, 0.1) is 10.4 Å². The van der Waals surface area contributed by atoms with Crippen molar-refractivity contribution in [3.63, 3.8) is 0 Å². The zero-order valence-corrected chi connectivity index (χ0v) is 12.7. The Morgan fingerprint density at radius 2 is 2.05 bits per heavy atom. The molecule has 0 spiro atoms. The molecule has 1 aromatic rings. The van der Waals surface area contributed by atoms with Crippen LogP contribution in [-0.4, -0.2) is 29.3 Å². The summed E-state index contributed by atoms with van der Waals surface area (Å²) < 4.78 is 0.691. The molecule has 2 rings (SSSR count). The van der Waals surface area contributed by atoms with Crippen LogP contribution in [0.2, 0.25) is 4.34 Å². The third-order valence-corrected chi connectivity index (χ3v) is 4.72. The molecule has 0 radical (unpaired) electrons. The number of hydrogen-bond acceptors (Lipinski definition) is 3. The molecule has 2 atom stereocenters. The van der Waals surface area contributed by atoms with Crippen LogP contribution in [0.15, 0.2) is 12.1 Å². The van der Waals surface area contributed by atoms with Crippen molar-refractivity contribution in [2.75, 3.05) is 6.54 Å². The van der Waals surface area contributed by atoms with Gasteiger partial charge >= 0.3 is 0 Å². The largest absolute Gasteiger partial charge is 0.343 e. The maximum Gasteiger partial charge on any atom is 0.246 e. The maximum atomic E-state index is 12.4. The first-order valence-corrected chi connectivity index (χ1v) is 7.44. The average molecular weight is 301 g/mol. The molecule has 2 heterocycles. The first kappa shape index (κ1) is 14.3. The van der Waals surface area contributed by atoms with E-state index in [1.807, 2.05) is 32.9 Å². The minimum atomic E-state index is -0.431. The molecule has 0 aromatic carbocycles. The van der Waals surface area contributed by atoms with E-state index >= 15 is 0 Å². The van der Waals surface area contributed by atoms with Crippen molar-refractivity contribution in [2.24, 2.45) is 5.92 Å². The van der Waals surface area contributed by atoms with Crippen molar-refractivity contribution in [2.45, 2.75) is 32.9 Å². The Bertz CT molecular complexity index is 501. The third-order valence-electron chi connectivity index (χ3n) is 3.32. The number of hydrogen-bond donors (Lipinski definition) is 1. The second-order valence-electron chi connectivity index (χ2n) is 5.07. The van der Waals surface area contributed by atoms with E-state index in [0.717, 1.165) is 4.88 Å². The molecule has 1 N–H and O–H groups in total. The summed E-state index contributed by atoms with van der Waals surface area (Å²) in [5.41, 5.74) is 0. The summed E-state index contributed by atoms with van der Waals surface area (Å²) in [5, 5.41) is 2.75. The highest BCUT2D eigenvalue weighted by molar-refractivity contribution is 7.16. The number of thiophene rings is 1. The molecule has 19 heavy (non-hydrogen) atoms. The van der Waals surface area contributed by atoms with Gasteiger partial charge in [-0.3, -0.25) is 9.59 Å². The van der Waals surface area contributed by atoms with E-state index in [4.69, 9.17) is 11.6 Å². The number of rotatable bonds is 3. The molecule has 2 amide bonds. The Labute approximate surface area is 121 Å². The smallest absolute Gasteiger partial charge is 0.246 e. The van der Waals surface area contributed by atoms with Crippen LogP contribution in [0.3, 0.4) is 0 Å². The van der Waals surface area contributed by atoms with Crippen LogP contribution < -0.4 is 5.32 Å². The Morgan fingerprint density at radius 3 is 2.58 bits per heavy atom. The predicted octanol–water partition coefficient (Wildman–Crippen LogP) is 2.45. The van der Waals surface area contributed by atoms with Gasteiger partial charge in [-0.2, -0.15) is 0 Å². The van der Waals surface area contributed by atoms with Gasteiger partial charge in [-0.05, 0) is 25.0 Å². The van der Waals surface area contributed by atoms with Crippen LogP contribution in [0, 0.1) is 5.92 Å². The lowest BCUT2D eigenvalue weighted by atomic mass is 9.99. The summed E-state index contributed by atoms with van der Waals surface area (Å²) in [4.78, 5) is 26.8. The Kier molecular flexibility index (Phi) is 4.16. The third kappa shape index (κ3) is 2.92. The number of nitrogens with zero attached hydrogens (tertiary/aromatic N) is 1. The van der Waals surface area contributed by atoms with E-state index < -0.39 is 6.04 Å². The Hall–Kier alpha value is -1.07. The SMILES string of the molecule is CC(C)C1NC(=O)CN(C(C)c2ccc(Cl)s2)C1=O. The fourth-order valence-electron chi connectivity index (χ4n) is 2.18. The van der Waals surface area contributed by atoms with Gasteiger partial charge in [0.2, 0.25) is 11.8 Å². The van der Waals surface area contributed by atoms with E-state index in [1.165, 1.54) is 11.3 Å². The molecule has 0 saturated carbocycles. The van der Waals surface area contributed by atoms with E-state index in [9.17, 15) is 9.59 Å². The molecule has 1 aliphatic rings. The summed E-state index contributed by atoms with van der Waals surface area (Å²) in [5.74, 6) is -0.0437. The second kappa shape index (κ2) is 5.51. The lowest BCUT2D eigenvalue weighted by molar-refractivity contribution is -0.147. The van der Waals surface area contributed by atoms with Crippen LogP contribution in [0.1, 0.15) is 31.7 Å². The van der Waals surface area contributed by atoms with Crippen molar-refractivity contribution in [3.8, 4) is 0 Å². The summed E-state index contributed by atoms with van der Waals surface area (Å²) in [6.07, 6.45) is 0. The van der Waals surface area contributed by atoms with Crippen LogP contribution in [0.4, 0.5) is 0 Å². The number of carbonyl (C=O) groups excluding carboxylic acids is 2. The monoisotopic (exact) mass is 300 g/mol. The highest BCUT2D eigenvalue weighted by Crippen LogP contribution is 2.31. The molecule has 6 heteroatoms. The highest BCUT2D eigenvalue weighted by atomic mass is 35.5. The van der Waals surface area contributed by atoms with Gasteiger partial charge in [0.15, 0.2) is 0 Å². The number of piperazine rings is 1. The average Bonchev–Trinajstić information content (AvgIpc) is 2.77. The Balaban J connectivity index is 2.22. The van der Waals surface area contributed by atoms with Gasteiger partial charge in [-0.25, -0.2) is 0 Å². The van der Waals surface area contributed by atoms with E-state index in [0.29, 0.717) is 4.34 Å². The summed E-state index contributed by atoms with van der Waals surface area (Å²) in [7, 11) is 0. The molecule has 2 unspecified atom stereocenters. The first-order chi connectivity index (χ1) is 8.90.